The highest BCUT2D eigenvalue weighted by atomic mass is 17.1. The molecule has 4 rings (SSSR count). The van der Waals surface area contributed by atoms with Gasteiger partial charge in [-0.15, -0.1) is 15.0 Å². The largest absolute Gasteiger partial charge is 0.510 e. The van der Waals surface area contributed by atoms with Crippen molar-refractivity contribution < 1.29 is 44.2 Å². The zero-order valence-corrected chi connectivity index (χ0v) is 27.5. The monoisotopic (exact) mass is 676 g/mol. The topological polar surface area (TPSA) is 190 Å². The number of carbonyl (C=O) groups excluding carboxylic acids is 2. The van der Waals surface area contributed by atoms with Crippen molar-refractivity contribution in [2.24, 2.45) is 5.92 Å². The molecule has 0 bridgehead atoms. The maximum Gasteiger partial charge on any atom is 0.510 e. The Morgan fingerprint density at radius 3 is 2.10 bits per heavy atom. The van der Waals surface area contributed by atoms with Gasteiger partial charge in [0.15, 0.2) is 0 Å². The minimum Gasteiger partial charge on any atom is -0.480 e. The third-order valence-electron chi connectivity index (χ3n) is 7.55. The van der Waals surface area contributed by atoms with Crippen molar-refractivity contribution in [1.82, 2.24) is 30.5 Å². The van der Waals surface area contributed by atoms with Gasteiger partial charge in [-0.3, -0.25) is 15.2 Å². The van der Waals surface area contributed by atoms with Gasteiger partial charge in [-0.2, -0.15) is 0 Å². The van der Waals surface area contributed by atoms with Gasteiger partial charge in [0.05, 0.1) is 12.0 Å². The molecule has 0 spiro atoms. The molecule has 49 heavy (non-hydrogen) atoms. The van der Waals surface area contributed by atoms with E-state index in [1.807, 2.05) is 55.5 Å². The second-order valence-electron chi connectivity index (χ2n) is 11.5. The van der Waals surface area contributed by atoms with E-state index in [0.29, 0.717) is 35.4 Å². The number of carboxylic acid groups (broad SMARTS) is 1. The number of tetrazole rings is 1. The van der Waals surface area contributed by atoms with Crippen molar-refractivity contribution in [3.8, 4) is 22.5 Å². The fraction of sp³-hybridized carbons (Fsp3) is 0.353. The Bertz CT molecular complexity index is 1680. The van der Waals surface area contributed by atoms with Crippen LogP contribution in [0.15, 0.2) is 72.8 Å². The van der Waals surface area contributed by atoms with Crippen LogP contribution in [-0.2, 0) is 50.4 Å². The van der Waals surface area contributed by atoms with Crippen LogP contribution in [0.1, 0.15) is 56.7 Å². The zero-order chi connectivity index (χ0) is 35.3. The highest BCUT2D eigenvalue weighted by Gasteiger charge is 2.32. The molecule has 4 aromatic rings. The molecule has 1 heterocycles. The molecule has 260 valence electrons. The lowest BCUT2D eigenvalue weighted by Crippen LogP contribution is -2.47. The van der Waals surface area contributed by atoms with E-state index < -0.39 is 18.2 Å². The molecule has 0 saturated heterocycles. The van der Waals surface area contributed by atoms with Crippen molar-refractivity contribution in [1.29, 1.82) is 0 Å². The summed E-state index contributed by atoms with van der Waals surface area (Å²) in [4.78, 5) is 44.5. The summed E-state index contributed by atoms with van der Waals surface area (Å²) in [6.07, 6.45) is 0.889. The number of hydrogen-bond acceptors (Lipinski definition) is 12. The van der Waals surface area contributed by atoms with Crippen LogP contribution in [0, 0.1) is 5.92 Å². The van der Waals surface area contributed by atoms with E-state index >= 15 is 0 Å². The van der Waals surface area contributed by atoms with Crippen LogP contribution < -0.4 is 0 Å². The minimum absolute atomic E-state index is 0.0562. The van der Waals surface area contributed by atoms with Gasteiger partial charge >= 0.3 is 12.1 Å². The van der Waals surface area contributed by atoms with Gasteiger partial charge < -0.3 is 19.5 Å². The Hall–Kier alpha value is -5.22. The number of carboxylic acids is 1. The number of benzene rings is 3. The number of carbonyl (C=O) groups is 3. The first kappa shape index (κ1) is 36.6. The molecule has 1 atom stereocenters. The van der Waals surface area contributed by atoms with Gasteiger partial charge in [0.2, 0.25) is 18.5 Å². The maximum atomic E-state index is 13.1. The molecule has 0 fully saturated rings. The molecule has 3 N–H and O–H groups in total. The summed E-state index contributed by atoms with van der Waals surface area (Å²) >= 11 is 0. The van der Waals surface area contributed by atoms with Crippen LogP contribution >= 0.6 is 0 Å². The summed E-state index contributed by atoms with van der Waals surface area (Å²) in [7, 11) is 0. The summed E-state index contributed by atoms with van der Waals surface area (Å²) < 4.78 is 10.3. The zero-order valence-electron chi connectivity index (χ0n) is 27.5. The van der Waals surface area contributed by atoms with Gasteiger partial charge in [-0.05, 0) is 45.4 Å². The maximum absolute atomic E-state index is 13.1. The van der Waals surface area contributed by atoms with Gasteiger partial charge in [-0.1, -0.05) is 100.0 Å². The summed E-state index contributed by atoms with van der Waals surface area (Å²) in [5, 5.41) is 39.3. The van der Waals surface area contributed by atoms with E-state index in [4.69, 9.17) is 19.9 Å². The predicted molar refractivity (Wildman–Crippen MR) is 173 cm³/mol. The van der Waals surface area contributed by atoms with E-state index in [1.165, 1.54) is 4.90 Å². The Kier molecular flexibility index (Phi) is 13.3. The smallest absolute Gasteiger partial charge is 0.480 e. The Morgan fingerprint density at radius 1 is 0.857 bits per heavy atom. The number of nitrogens with zero attached hydrogens (tertiary/aromatic N) is 6. The fourth-order valence-corrected chi connectivity index (χ4v) is 5.07. The lowest BCUT2D eigenvalue weighted by Gasteiger charge is -2.32. The molecule has 0 radical (unpaired) electrons. The molecular formula is C34H40N6O9. The van der Waals surface area contributed by atoms with Crippen LogP contribution in [-0.4, -0.2) is 70.1 Å². The summed E-state index contributed by atoms with van der Waals surface area (Å²) in [5.41, 5.74) is 4.50. The van der Waals surface area contributed by atoms with Gasteiger partial charge in [-0.25, -0.2) is 14.4 Å². The van der Waals surface area contributed by atoms with Crippen molar-refractivity contribution in [3.05, 3.63) is 89.5 Å². The highest BCUT2D eigenvalue weighted by molar-refractivity contribution is 5.84. The number of ether oxygens (including phenoxy) is 2. The third-order valence-corrected chi connectivity index (χ3v) is 7.55. The third kappa shape index (κ3) is 10.6. The predicted octanol–water partition coefficient (Wildman–Crippen LogP) is 5.46. The normalized spacial score (nSPS) is 11.8. The standard InChI is InChI=1S/C34H40N6O9/c1-4-5-10-30(41)38(31(23(2)3)33(42)43)19-24-15-17-27(18-16-24)28-8-6-7-9-29(28)32-35-37-39(36-32)22-48-34(44)47-20-25-11-13-26(14-12-25)21-49-40(45)46/h6-9,11-18,23,31,45-46H,4-5,10,19-22H2,1-3H3,(H,42,43)/t31-/m0/s1. The summed E-state index contributed by atoms with van der Waals surface area (Å²) in [6, 6.07) is 20.8. The first-order chi connectivity index (χ1) is 23.5. The van der Waals surface area contributed by atoms with Crippen LogP contribution in [0.25, 0.3) is 22.5 Å². The number of rotatable bonds is 17. The molecule has 0 aliphatic heterocycles. The molecule has 15 heteroatoms. The Morgan fingerprint density at radius 2 is 1.49 bits per heavy atom. The molecular weight excluding hydrogens is 636 g/mol. The first-order valence-corrected chi connectivity index (χ1v) is 15.7. The van der Waals surface area contributed by atoms with Crippen molar-refractivity contribution in [2.75, 3.05) is 0 Å². The molecule has 0 unspecified atom stereocenters. The quantitative estimate of drug-likeness (QED) is 0.0945. The van der Waals surface area contributed by atoms with Crippen molar-refractivity contribution in [2.45, 2.75) is 72.6 Å². The first-order valence-electron chi connectivity index (χ1n) is 15.7. The van der Waals surface area contributed by atoms with E-state index in [1.54, 1.807) is 38.1 Å². The molecule has 15 nitrogen and oxygen atoms in total. The fourth-order valence-electron chi connectivity index (χ4n) is 5.07. The van der Waals surface area contributed by atoms with Crippen LogP contribution in [0.2, 0.25) is 0 Å². The average molecular weight is 677 g/mol. The van der Waals surface area contributed by atoms with Crippen LogP contribution in [0.4, 0.5) is 4.79 Å². The van der Waals surface area contributed by atoms with E-state index in [9.17, 15) is 19.5 Å². The van der Waals surface area contributed by atoms with Gasteiger partial charge in [0.1, 0.15) is 12.6 Å². The number of unbranched alkanes of at least 4 members (excludes halogenated alkanes) is 1. The van der Waals surface area contributed by atoms with Gasteiger partial charge in [0, 0.05) is 18.5 Å². The molecule has 0 saturated carbocycles. The van der Waals surface area contributed by atoms with E-state index in [2.05, 4.69) is 20.2 Å². The SMILES string of the molecule is CCCCC(=O)N(Cc1ccc(-c2ccccc2-c2nnn(COC(=O)OCc3ccc(CON(O)O)cc3)n2)cc1)[C@H](C(=O)O)C(C)C. The van der Waals surface area contributed by atoms with Gasteiger partial charge in [0.25, 0.3) is 0 Å². The summed E-state index contributed by atoms with van der Waals surface area (Å²) in [5.74, 6) is -1.16. The summed E-state index contributed by atoms with van der Waals surface area (Å²) in [6.45, 7) is 5.32. The number of hydrogen-bond donors (Lipinski definition) is 3. The molecule has 3 aromatic carbocycles. The average Bonchev–Trinajstić information content (AvgIpc) is 3.57. The van der Waals surface area contributed by atoms with E-state index in [0.717, 1.165) is 27.9 Å². The molecule has 0 aliphatic rings. The second-order valence-corrected chi connectivity index (χ2v) is 11.5. The number of aromatic nitrogens is 4. The Balaban J connectivity index is 1.38. The molecule has 1 amide bonds. The highest BCUT2D eigenvalue weighted by Crippen LogP contribution is 2.30. The number of aliphatic carboxylic acids is 1. The number of amides is 1. The van der Waals surface area contributed by atoms with Crippen molar-refractivity contribution in [3.63, 3.8) is 0 Å². The Labute approximate surface area is 283 Å². The van der Waals surface area contributed by atoms with Crippen LogP contribution in [0.3, 0.4) is 0 Å². The lowest BCUT2D eigenvalue weighted by atomic mass is 9.97. The van der Waals surface area contributed by atoms with Crippen LogP contribution in [0.5, 0.6) is 0 Å². The van der Waals surface area contributed by atoms with Crippen molar-refractivity contribution >= 4 is 18.0 Å². The molecule has 0 aliphatic carbocycles. The minimum atomic E-state index is -1.02. The lowest BCUT2D eigenvalue weighted by molar-refractivity contribution is -0.497. The van der Waals surface area contributed by atoms with E-state index in [-0.39, 0.29) is 43.7 Å². The molecule has 1 aromatic heterocycles. The second kappa shape index (κ2) is 17.8.